The molecule has 0 aliphatic carbocycles. The Labute approximate surface area is 191 Å². The third kappa shape index (κ3) is 5.28. The summed E-state index contributed by atoms with van der Waals surface area (Å²) in [5.41, 5.74) is 6.55. The number of anilines is 2. The zero-order chi connectivity index (χ0) is 23.5. The highest BCUT2D eigenvalue weighted by Gasteiger charge is 2.21. The molecule has 0 aliphatic heterocycles. The van der Waals surface area contributed by atoms with Gasteiger partial charge in [0.1, 0.15) is 18.2 Å². The summed E-state index contributed by atoms with van der Waals surface area (Å²) in [4.78, 5) is 17.5. The second-order valence-corrected chi connectivity index (χ2v) is 9.23. The van der Waals surface area contributed by atoms with E-state index in [4.69, 9.17) is 4.74 Å². The molecule has 0 spiro atoms. The molecule has 2 N–H and O–H groups in total. The standard InChI is InChI=1S/C27H33N3O2/c1-17-12-11-15-22(27(5,6)7)23(17)29-26(31)30-25-19(3)18(2)24(20(4)28-25)32-16-21-13-9-8-10-14-21/h8-15H,16H2,1-7H3,(H2,28,29,30,31). The number of para-hydroxylation sites is 1. The molecule has 3 aromatic rings. The summed E-state index contributed by atoms with van der Waals surface area (Å²) < 4.78 is 6.07. The molecule has 5 heteroatoms. The molecule has 32 heavy (non-hydrogen) atoms. The SMILES string of the molecule is Cc1cccc(C(C)(C)C)c1NC(=O)Nc1nc(C)c(OCc2ccccc2)c(C)c1C. The number of hydrogen-bond acceptors (Lipinski definition) is 3. The maximum absolute atomic E-state index is 12.9. The van der Waals surface area contributed by atoms with Gasteiger partial charge in [0, 0.05) is 5.69 Å². The lowest BCUT2D eigenvalue weighted by Gasteiger charge is -2.24. The van der Waals surface area contributed by atoms with E-state index < -0.39 is 0 Å². The maximum atomic E-state index is 12.9. The average Bonchev–Trinajstić information content (AvgIpc) is 2.73. The number of pyridine rings is 1. The summed E-state index contributed by atoms with van der Waals surface area (Å²) >= 11 is 0. The second kappa shape index (κ2) is 9.43. The fraction of sp³-hybridized carbons (Fsp3) is 0.333. The van der Waals surface area contributed by atoms with Crippen molar-refractivity contribution in [2.45, 2.75) is 60.5 Å². The molecule has 1 aromatic heterocycles. The van der Waals surface area contributed by atoms with E-state index in [1.54, 1.807) is 0 Å². The van der Waals surface area contributed by atoms with Crippen LogP contribution < -0.4 is 15.4 Å². The summed E-state index contributed by atoms with van der Waals surface area (Å²) in [6.07, 6.45) is 0. The number of carbonyl (C=O) groups excluding carboxylic acids is 1. The summed E-state index contributed by atoms with van der Waals surface area (Å²) in [5.74, 6) is 1.29. The van der Waals surface area contributed by atoms with Crippen LogP contribution in [0.4, 0.5) is 16.3 Å². The van der Waals surface area contributed by atoms with Crippen LogP contribution in [-0.4, -0.2) is 11.0 Å². The zero-order valence-electron chi connectivity index (χ0n) is 20.1. The van der Waals surface area contributed by atoms with Crippen LogP contribution in [0.25, 0.3) is 0 Å². The first kappa shape index (κ1) is 23.3. The molecule has 5 nitrogen and oxygen atoms in total. The fourth-order valence-electron chi connectivity index (χ4n) is 3.70. The van der Waals surface area contributed by atoms with E-state index in [9.17, 15) is 4.79 Å². The topological polar surface area (TPSA) is 63.2 Å². The van der Waals surface area contributed by atoms with Crippen molar-refractivity contribution in [2.24, 2.45) is 0 Å². The van der Waals surface area contributed by atoms with Crippen molar-refractivity contribution in [2.75, 3.05) is 10.6 Å². The second-order valence-electron chi connectivity index (χ2n) is 9.23. The van der Waals surface area contributed by atoms with Gasteiger partial charge in [-0.15, -0.1) is 0 Å². The van der Waals surface area contributed by atoms with Crippen LogP contribution in [-0.2, 0) is 12.0 Å². The number of benzene rings is 2. The van der Waals surface area contributed by atoms with Crippen molar-refractivity contribution in [1.82, 2.24) is 4.98 Å². The Hall–Kier alpha value is -3.34. The average molecular weight is 432 g/mol. The Morgan fingerprint density at radius 1 is 0.906 bits per heavy atom. The van der Waals surface area contributed by atoms with Crippen molar-refractivity contribution in [3.63, 3.8) is 0 Å². The van der Waals surface area contributed by atoms with Gasteiger partial charge < -0.3 is 10.1 Å². The van der Waals surface area contributed by atoms with Crippen LogP contribution in [0.15, 0.2) is 48.5 Å². The number of nitrogens with zero attached hydrogens (tertiary/aromatic N) is 1. The van der Waals surface area contributed by atoms with E-state index in [0.717, 1.165) is 44.9 Å². The van der Waals surface area contributed by atoms with Crippen LogP contribution in [0.1, 0.15) is 54.3 Å². The summed E-state index contributed by atoms with van der Waals surface area (Å²) in [6.45, 7) is 14.7. The summed E-state index contributed by atoms with van der Waals surface area (Å²) in [6, 6.07) is 15.8. The molecule has 0 saturated carbocycles. The van der Waals surface area contributed by atoms with E-state index in [1.807, 2.05) is 70.2 Å². The fourth-order valence-corrected chi connectivity index (χ4v) is 3.70. The Morgan fingerprint density at radius 3 is 2.25 bits per heavy atom. The number of hydrogen-bond donors (Lipinski definition) is 2. The van der Waals surface area contributed by atoms with Gasteiger partial charge in [0.2, 0.25) is 0 Å². The number of aryl methyl sites for hydroxylation is 2. The van der Waals surface area contributed by atoms with Gasteiger partial charge in [-0.2, -0.15) is 0 Å². The molecule has 2 aromatic carbocycles. The van der Waals surface area contributed by atoms with Crippen LogP contribution >= 0.6 is 0 Å². The first-order chi connectivity index (χ1) is 15.1. The highest BCUT2D eigenvalue weighted by Crippen LogP contribution is 2.33. The van der Waals surface area contributed by atoms with Crippen molar-refractivity contribution in [3.8, 4) is 5.75 Å². The van der Waals surface area contributed by atoms with Crippen LogP contribution in [0, 0.1) is 27.7 Å². The van der Waals surface area contributed by atoms with E-state index >= 15 is 0 Å². The lowest BCUT2D eigenvalue weighted by atomic mass is 9.84. The van der Waals surface area contributed by atoms with Gasteiger partial charge in [0.05, 0.1) is 5.69 Å². The normalized spacial score (nSPS) is 11.2. The third-order valence-corrected chi connectivity index (χ3v) is 5.64. The third-order valence-electron chi connectivity index (χ3n) is 5.64. The van der Waals surface area contributed by atoms with Crippen LogP contribution in [0.3, 0.4) is 0 Å². The quantitative estimate of drug-likeness (QED) is 0.465. The lowest BCUT2D eigenvalue weighted by Crippen LogP contribution is -2.24. The zero-order valence-corrected chi connectivity index (χ0v) is 20.1. The van der Waals surface area contributed by atoms with Crippen molar-refractivity contribution in [1.29, 1.82) is 0 Å². The lowest BCUT2D eigenvalue weighted by molar-refractivity contribution is 0.262. The van der Waals surface area contributed by atoms with Gasteiger partial charge >= 0.3 is 6.03 Å². The van der Waals surface area contributed by atoms with Gasteiger partial charge in [-0.25, -0.2) is 9.78 Å². The monoisotopic (exact) mass is 431 g/mol. The number of nitrogens with one attached hydrogen (secondary N) is 2. The summed E-state index contributed by atoms with van der Waals surface area (Å²) in [5, 5.41) is 5.97. The van der Waals surface area contributed by atoms with Crippen molar-refractivity contribution in [3.05, 3.63) is 82.0 Å². The van der Waals surface area contributed by atoms with E-state index in [2.05, 4.69) is 42.5 Å². The number of amides is 2. The number of ether oxygens (including phenoxy) is 1. The largest absolute Gasteiger partial charge is 0.487 e. The van der Waals surface area contributed by atoms with Crippen LogP contribution in [0.2, 0.25) is 0 Å². The predicted molar refractivity (Wildman–Crippen MR) is 132 cm³/mol. The minimum absolute atomic E-state index is 0.0896. The van der Waals surface area contributed by atoms with E-state index in [1.165, 1.54) is 0 Å². The Bertz CT molecular complexity index is 1120. The first-order valence-electron chi connectivity index (χ1n) is 10.9. The highest BCUT2D eigenvalue weighted by atomic mass is 16.5. The molecule has 0 unspecified atom stereocenters. The number of rotatable bonds is 5. The molecule has 168 valence electrons. The molecule has 2 amide bonds. The molecule has 0 aliphatic rings. The van der Waals surface area contributed by atoms with Gasteiger partial charge in [-0.05, 0) is 60.9 Å². The molecular weight excluding hydrogens is 398 g/mol. The van der Waals surface area contributed by atoms with Crippen LogP contribution in [0.5, 0.6) is 5.75 Å². The molecule has 0 radical (unpaired) electrons. The number of aromatic nitrogens is 1. The number of carbonyl (C=O) groups is 1. The molecule has 1 heterocycles. The summed E-state index contributed by atoms with van der Waals surface area (Å²) in [7, 11) is 0. The Kier molecular flexibility index (Phi) is 6.87. The first-order valence-corrected chi connectivity index (χ1v) is 10.9. The van der Waals surface area contributed by atoms with Gasteiger partial charge in [-0.1, -0.05) is 69.3 Å². The minimum atomic E-state index is -0.308. The molecule has 0 bridgehead atoms. The molecule has 3 rings (SSSR count). The molecule has 0 saturated heterocycles. The molecular formula is C27H33N3O2. The number of urea groups is 1. The van der Waals surface area contributed by atoms with Crippen molar-refractivity contribution < 1.29 is 9.53 Å². The Balaban J connectivity index is 1.79. The molecule has 0 atom stereocenters. The maximum Gasteiger partial charge on any atom is 0.324 e. The minimum Gasteiger partial charge on any atom is -0.487 e. The smallest absolute Gasteiger partial charge is 0.324 e. The Morgan fingerprint density at radius 2 is 1.59 bits per heavy atom. The van der Waals surface area contributed by atoms with Gasteiger partial charge in [0.25, 0.3) is 0 Å². The van der Waals surface area contributed by atoms with E-state index in [0.29, 0.717) is 12.4 Å². The predicted octanol–water partition coefficient (Wildman–Crippen LogP) is 6.84. The van der Waals surface area contributed by atoms with Crippen molar-refractivity contribution >= 4 is 17.5 Å². The molecule has 0 fully saturated rings. The van der Waals surface area contributed by atoms with E-state index in [-0.39, 0.29) is 11.4 Å². The van der Waals surface area contributed by atoms with Gasteiger partial charge in [0.15, 0.2) is 0 Å². The van der Waals surface area contributed by atoms with Gasteiger partial charge in [-0.3, -0.25) is 5.32 Å². The highest BCUT2D eigenvalue weighted by molar-refractivity contribution is 6.00.